The van der Waals surface area contributed by atoms with Gasteiger partial charge in [-0.3, -0.25) is 14.5 Å². The molecule has 0 atom stereocenters. The van der Waals surface area contributed by atoms with Gasteiger partial charge in [0, 0.05) is 19.4 Å². The Bertz CT molecular complexity index is 200. The fraction of sp³-hybridized carbons (Fsp3) is 0.500. The fourth-order valence-corrected chi connectivity index (χ4v) is 1.17. The number of carbonyl (C=O) groups is 2. The molecule has 0 aromatic heterocycles. The number of hydrogen-bond acceptors (Lipinski definition) is 2. The number of piperidine rings is 1. The molecule has 1 heterocycles. The van der Waals surface area contributed by atoms with E-state index in [9.17, 15) is 9.59 Å². The zero-order chi connectivity index (χ0) is 8.43. The Hall–Kier alpha value is -1.12. The van der Waals surface area contributed by atoms with Crippen LogP contribution in [0.1, 0.15) is 19.8 Å². The van der Waals surface area contributed by atoms with Crippen LogP contribution in [0.3, 0.4) is 0 Å². The largest absolute Gasteiger partial charge is 0.282 e. The summed E-state index contributed by atoms with van der Waals surface area (Å²) < 4.78 is 0. The average molecular weight is 153 g/mol. The molecule has 1 rings (SSSR count). The van der Waals surface area contributed by atoms with Crippen molar-refractivity contribution in [3.8, 4) is 0 Å². The molecular formula is C8H11NO2. The van der Waals surface area contributed by atoms with Gasteiger partial charge < -0.3 is 0 Å². The van der Waals surface area contributed by atoms with Crippen LogP contribution < -0.4 is 0 Å². The Kier molecular flexibility index (Phi) is 2.08. The van der Waals surface area contributed by atoms with Crippen LogP contribution in [0.2, 0.25) is 0 Å². The van der Waals surface area contributed by atoms with E-state index in [1.165, 1.54) is 4.90 Å². The molecule has 0 unspecified atom stereocenters. The molecule has 3 heteroatoms. The third-order valence-electron chi connectivity index (χ3n) is 1.72. The van der Waals surface area contributed by atoms with Crippen molar-refractivity contribution in [3.63, 3.8) is 0 Å². The van der Waals surface area contributed by atoms with Gasteiger partial charge in [-0.1, -0.05) is 12.2 Å². The van der Waals surface area contributed by atoms with Crippen molar-refractivity contribution in [2.75, 3.05) is 6.54 Å². The highest BCUT2D eigenvalue weighted by Gasteiger charge is 2.25. The highest BCUT2D eigenvalue weighted by molar-refractivity contribution is 6.00. The van der Waals surface area contributed by atoms with Crippen LogP contribution in [0.5, 0.6) is 0 Å². The minimum Gasteiger partial charge on any atom is -0.282 e. The molecule has 0 bridgehead atoms. The number of amides is 2. The zero-order valence-corrected chi connectivity index (χ0v) is 6.59. The molecule has 1 aliphatic heterocycles. The van der Waals surface area contributed by atoms with E-state index in [2.05, 4.69) is 6.58 Å². The van der Waals surface area contributed by atoms with Gasteiger partial charge in [-0.25, -0.2) is 0 Å². The van der Waals surface area contributed by atoms with Gasteiger partial charge in [-0.2, -0.15) is 0 Å². The van der Waals surface area contributed by atoms with Gasteiger partial charge in [0.05, 0.1) is 0 Å². The first-order valence-electron chi connectivity index (χ1n) is 3.65. The Morgan fingerprint density at radius 2 is 1.82 bits per heavy atom. The maximum atomic E-state index is 11.1. The summed E-state index contributed by atoms with van der Waals surface area (Å²) >= 11 is 0. The predicted octanol–water partition coefficient (Wildman–Crippen LogP) is 0.711. The molecule has 1 fully saturated rings. The lowest BCUT2D eigenvalue weighted by molar-refractivity contribution is -0.145. The van der Waals surface area contributed by atoms with Gasteiger partial charge in [0.1, 0.15) is 0 Å². The first-order valence-corrected chi connectivity index (χ1v) is 3.65. The molecule has 3 nitrogen and oxygen atoms in total. The first-order chi connectivity index (χ1) is 5.15. The van der Waals surface area contributed by atoms with Crippen LogP contribution in [0.25, 0.3) is 0 Å². The summed E-state index contributed by atoms with van der Waals surface area (Å²) in [5.41, 5.74) is 0.727. The first kappa shape index (κ1) is 7.98. The van der Waals surface area contributed by atoms with Crippen LogP contribution >= 0.6 is 0 Å². The van der Waals surface area contributed by atoms with E-state index in [4.69, 9.17) is 0 Å². The van der Waals surface area contributed by atoms with E-state index < -0.39 is 0 Å². The summed E-state index contributed by atoms with van der Waals surface area (Å²) in [5.74, 6) is -0.234. The van der Waals surface area contributed by atoms with E-state index in [-0.39, 0.29) is 11.8 Å². The lowest BCUT2D eigenvalue weighted by atomic mass is 10.1. The Balaban J connectivity index is 2.74. The summed E-state index contributed by atoms with van der Waals surface area (Å²) in [6.07, 6.45) is 0.666. The smallest absolute Gasteiger partial charge is 0.233 e. The summed E-state index contributed by atoms with van der Waals surface area (Å²) in [6, 6.07) is 0. The maximum Gasteiger partial charge on any atom is 0.233 e. The topological polar surface area (TPSA) is 37.4 Å². The average Bonchev–Trinajstić information content (AvgIpc) is 1.85. The molecular weight excluding hydrogens is 142 g/mol. The molecule has 0 aromatic rings. The van der Waals surface area contributed by atoms with Gasteiger partial charge >= 0.3 is 0 Å². The molecule has 0 aromatic carbocycles. The van der Waals surface area contributed by atoms with Crippen LogP contribution in [-0.2, 0) is 9.59 Å². The molecule has 1 aliphatic rings. The lowest BCUT2D eigenvalue weighted by Crippen LogP contribution is -2.40. The van der Waals surface area contributed by atoms with Gasteiger partial charge in [0.15, 0.2) is 0 Å². The zero-order valence-electron chi connectivity index (χ0n) is 6.59. The summed E-state index contributed by atoms with van der Waals surface area (Å²) in [6.45, 7) is 5.89. The second kappa shape index (κ2) is 2.86. The van der Waals surface area contributed by atoms with Crippen molar-refractivity contribution in [2.24, 2.45) is 0 Å². The van der Waals surface area contributed by atoms with Crippen LogP contribution in [0, 0.1) is 0 Å². The van der Waals surface area contributed by atoms with Crippen molar-refractivity contribution in [1.29, 1.82) is 0 Å². The second-order valence-corrected chi connectivity index (χ2v) is 2.64. The quantitative estimate of drug-likeness (QED) is 0.411. The Morgan fingerprint density at radius 3 is 2.18 bits per heavy atom. The number of hydrogen-bond donors (Lipinski definition) is 0. The van der Waals surface area contributed by atoms with E-state index >= 15 is 0 Å². The standard InChI is InChI=1S/C8H11NO2/c1-3-9-7(10)4-6(2)5-8(9)11/h2-5H2,1H3. The molecule has 1 saturated heterocycles. The van der Waals surface area contributed by atoms with Gasteiger partial charge in [0.25, 0.3) is 0 Å². The Morgan fingerprint density at radius 1 is 1.36 bits per heavy atom. The van der Waals surface area contributed by atoms with Crippen molar-refractivity contribution in [3.05, 3.63) is 12.2 Å². The lowest BCUT2D eigenvalue weighted by Gasteiger charge is -2.24. The van der Waals surface area contributed by atoms with E-state index in [1.54, 1.807) is 6.92 Å². The number of nitrogens with zero attached hydrogens (tertiary/aromatic N) is 1. The van der Waals surface area contributed by atoms with Crippen molar-refractivity contribution >= 4 is 11.8 Å². The summed E-state index contributed by atoms with van der Waals surface area (Å²) in [4.78, 5) is 23.5. The van der Waals surface area contributed by atoms with Crippen LogP contribution in [-0.4, -0.2) is 23.3 Å². The molecule has 0 aliphatic carbocycles. The van der Waals surface area contributed by atoms with Crippen molar-refractivity contribution in [1.82, 2.24) is 4.90 Å². The number of likely N-dealkylation sites (tertiary alicyclic amines) is 1. The second-order valence-electron chi connectivity index (χ2n) is 2.64. The molecule has 60 valence electrons. The molecule has 2 amide bonds. The van der Waals surface area contributed by atoms with E-state index in [0.717, 1.165) is 5.57 Å². The fourth-order valence-electron chi connectivity index (χ4n) is 1.17. The molecule has 0 N–H and O–H groups in total. The van der Waals surface area contributed by atoms with Crippen molar-refractivity contribution in [2.45, 2.75) is 19.8 Å². The van der Waals surface area contributed by atoms with Crippen molar-refractivity contribution < 1.29 is 9.59 Å². The minimum atomic E-state index is -0.117. The highest BCUT2D eigenvalue weighted by Crippen LogP contribution is 2.15. The predicted molar refractivity (Wildman–Crippen MR) is 40.8 cm³/mol. The molecule has 11 heavy (non-hydrogen) atoms. The van der Waals surface area contributed by atoms with E-state index in [0.29, 0.717) is 19.4 Å². The normalized spacial score (nSPS) is 19.4. The molecule has 0 radical (unpaired) electrons. The highest BCUT2D eigenvalue weighted by atomic mass is 16.2. The summed E-state index contributed by atoms with van der Waals surface area (Å²) in [7, 11) is 0. The van der Waals surface area contributed by atoms with Crippen LogP contribution in [0.15, 0.2) is 12.2 Å². The third-order valence-corrected chi connectivity index (χ3v) is 1.72. The van der Waals surface area contributed by atoms with E-state index in [1.807, 2.05) is 0 Å². The number of imide groups is 1. The van der Waals surface area contributed by atoms with Gasteiger partial charge in [0.2, 0.25) is 11.8 Å². The number of rotatable bonds is 1. The number of carbonyl (C=O) groups excluding carboxylic acids is 2. The third kappa shape index (κ3) is 1.48. The monoisotopic (exact) mass is 153 g/mol. The van der Waals surface area contributed by atoms with Crippen LogP contribution in [0.4, 0.5) is 0 Å². The minimum absolute atomic E-state index is 0.117. The molecule has 0 saturated carbocycles. The maximum absolute atomic E-state index is 11.1. The van der Waals surface area contributed by atoms with Gasteiger partial charge in [-0.05, 0) is 6.92 Å². The van der Waals surface area contributed by atoms with Gasteiger partial charge in [-0.15, -0.1) is 0 Å². The molecule has 0 spiro atoms. The SMILES string of the molecule is C=C1CC(=O)N(CC)C(=O)C1. The summed E-state index contributed by atoms with van der Waals surface area (Å²) in [5, 5.41) is 0. The Labute approximate surface area is 65.7 Å².